The van der Waals surface area contributed by atoms with Gasteiger partial charge in [-0.3, -0.25) is 4.55 Å². The first-order valence-electron chi connectivity index (χ1n) is 11.6. The molecule has 0 aliphatic carbocycles. The van der Waals surface area contributed by atoms with Gasteiger partial charge in [0.05, 0.1) is 11.4 Å². The van der Waals surface area contributed by atoms with Crippen LogP contribution in [0.2, 0.25) is 0 Å². The third-order valence-corrected chi connectivity index (χ3v) is 6.82. The Labute approximate surface area is 169 Å². The number of aliphatic hydroxyl groups is 1. The van der Waals surface area contributed by atoms with Crippen molar-refractivity contribution >= 4 is 10.1 Å². The molecule has 0 rings (SSSR count). The fourth-order valence-corrected chi connectivity index (χ4v) is 4.58. The SMILES string of the molecule is CCCCCCCC(O)CCCCCCCCC(CCCCC)S(=O)(=O)O. The van der Waals surface area contributed by atoms with Gasteiger partial charge in [0.2, 0.25) is 0 Å². The molecule has 0 spiro atoms. The summed E-state index contributed by atoms with van der Waals surface area (Å²) in [6, 6.07) is 0. The standard InChI is InChI=1S/C22H46O4S/c1-3-5-7-10-14-17-21(23)18-15-11-8-9-12-16-20-22(27(24,25)26)19-13-6-4-2/h21-23H,3-20H2,1-2H3,(H,24,25,26). The summed E-state index contributed by atoms with van der Waals surface area (Å²) in [5.74, 6) is 0. The third-order valence-electron chi connectivity index (χ3n) is 5.51. The van der Waals surface area contributed by atoms with E-state index in [9.17, 15) is 18.1 Å². The summed E-state index contributed by atoms with van der Waals surface area (Å²) in [7, 11) is -3.90. The van der Waals surface area contributed by atoms with Crippen LogP contribution in [0.1, 0.15) is 129 Å². The molecule has 2 atom stereocenters. The molecule has 0 bridgehead atoms. The van der Waals surface area contributed by atoms with E-state index >= 15 is 0 Å². The van der Waals surface area contributed by atoms with Crippen LogP contribution >= 0.6 is 0 Å². The minimum absolute atomic E-state index is 0.134. The molecular weight excluding hydrogens is 360 g/mol. The molecule has 0 aliphatic rings. The maximum absolute atomic E-state index is 11.5. The molecule has 0 aromatic rings. The van der Waals surface area contributed by atoms with Gasteiger partial charge in [0.1, 0.15) is 0 Å². The topological polar surface area (TPSA) is 74.6 Å². The van der Waals surface area contributed by atoms with Gasteiger partial charge in [0.25, 0.3) is 10.1 Å². The number of unbranched alkanes of at least 4 members (excludes halogenated alkanes) is 11. The number of hydrogen-bond donors (Lipinski definition) is 2. The number of rotatable bonds is 20. The van der Waals surface area contributed by atoms with Crippen molar-refractivity contribution in [3.8, 4) is 0 Å². The van der Waals surface area contributed by atoms with Crippen molar-refractivity contribution in [1.82, 2.24) is 0 Å². The molecule has 5 heteroatoms. The van der Waals surface area contributed by atoms with Crippen molar-refractivity contribution in [2.45, 2.75) is 141 Å². The zero-order valence-corrected chi connectivity index (χ0v) is 18.8. The van der Waals surface area contributed by atoms with Gasteiger partial charge in [0, 0.05) is 0 Å². The van der Waals surface area contributed by atoms with E-state index in [4.69, 9.17) is 0 Å². The molecule has 164 valence electrons. The smallest absolute Gasteiger partial charge is 0.267 e. The molecule has 0 saturated heterocycles. The second-order valence-electron chi connectivity index (χ2n) is 8.19. The first kappa shape index (κ1) is 26.9. The summed E-state index contributed by atoms with van der Waals surface area (Å²) < 4.78 is 32.3. The summed E-state index contributed by atoms with van der Waals surface area (Å²) in [4.78, 5) is 0. The van der Waals surface area contributed by atoms with Gasteiger partial charge in [-0.2, -0.15) is 8.42 Å². The highest BCUT2D eigenvalue weighted by Crippen LogP contribution is 2.19. The molecule has 0 radical (unpaired) electrons. The third kappa shape index (κ3) is 17.7. The van der Waals surface area contributed by atoms with Gasteiger partial charge in [-0.05, 0) is 25.7 Å². The van der Waals surface area contributed by atoms with E-state index < -0.39 is 15.4 Å². The predicted octanol–water partition coefficient (Wildman–Crippen LogP) is 6.67. The molecule has 0 aromatic carbocycles. The lowest BCUT2D eigenvalue weighted by atomic mass is 10.0. The van der Waals surface area contributed by atoms with E-state index in [1.54, 1.807) is 0 Å². The molecule has 0 aliphatic heterocycles. The van der Waals surface area contributed by atoms with Crippen molar-refractivity contribution in [2.75, 3.05) is 0 Å². The van der Waals surface area contributed by atoms with Crippen LogP contribution in [0.3, 0.4) is 0 Å². The van der Waals surface area contributed by atoms with Gasteiger partial charge in [-0.15, -0.1) is 0 Å². The first-order chi connectivity index (χ1) is 12.9. The molecule has 0 fully saturated rings. The second kappa shape index (κ2) is 17.9. The molecular formula is C22H46O4S. The normalized spacial score (nSPS) is 14.4. The minimum Gasteiger partial charge on any atom is -0.393 e. The fraction of sp³-hybridized carbons (Fsp3) is 1.00. The van der Waals surface area contributed by atoms with Gasteiger partial charge in [0.15, 0.2) is 0 Å². The van der Waals surface area contributed by atoms with E-state index in [1.807, 2.05) is 0 Å². The molecule has 2 N–H and O–H groups in total. The summed E-state index contributed by atoms with van der Waals surface area (Å²) in [5, 5.41) is 9.42. The molecule has 4 nitrogen and oxygen atoms in total. The highest BCUT2D eigenvalue weighted by molar-refractivity contribution is 7.86. The highest BCUT2D eigenvalue weighted by Gasteiger charge is 2.21. The van der Waals surface area contributed by atoms with E-state index in [1.165, 1.54) is 25.7 Å². The highest BCUT2D eigenvalue weighted by atomic mass is 32.2. The van der Waals surface area contributed by atoms with Crippen LogP contribution in [0, 0.1) is 0 Å². The van der Waals surface area contributed by atoms with Gasteiger partial charge in [-0.1, -0.05) is 104 Å². The van der Waals surface area contributed by atoms with Crippen LogP contribution in [0.15, 0.2) is 0 Å². The summed E-state index contributed by atoms with van der Waals surface area (Å²) in [6.07, 6.45) is 18.5. The molecule has 0 saturated carbocycles. The Balaban J connectivity index is 3.58. The lowest BCUT2D eigenvalue weighted by Gasteiger charge is -2.13. The predicted molar refractivity (Wildman–Crippen MR) is 116 cm³/mol. The Kier molecular flexibility index (Phi) is 17.8. The number of aliphatic hydroxyl groups excluding tert-OH is 1. The monoisotopic (exact) mass is 406 g/mol. The quantitative estimate of drug-likeness (QED) is 0.175. The maximum Gasteiger partial charge on any atom is 0.267 e. The lowest BCUT2D eigenvalue weighted by Crippen LogP contribution is -2.20. The van der Waals surface area contributed by atoms with Crippen LogP contribution in [0.4, 0.5) is 0 Å². The summed E-state index contributed by atoms with van der Waals surface area (Å²) in [6.45, 7) is 4.31. The molecule has 0 aromatic heterocycles. The maximum atomic E-state index is 11.5. The van der Waals surface area contributed by atoms with Crippen molar-refractivity contribution in [2.24, 2.45) is 0 Å². The Morgan fingerprint density at radius 3 is 1.37 bits per heavy atom. The van der Waals surface area contributed by atoms with Gasteiger partial charge < -0.3 is 5.11 Å². The van der Waals surface area contributed by atoms with Crippen molar-refractivity contribution in [3.63, 3.8) is 0 Å². The minimum atomic E-state index is -3.90. The Morgan fingerprint density at radius 2 is 0.926 bits per heavy atom. The molecule has 0 amide bonds. The lowest BCUT2D eigenvalue weighted by molar-refractivity contribution is 0.147. The molecule has 27 heavy (non-hydrogen) atoms. The second-order valence-corrected chi connectivity index (χ2v) is 9.88. The van der Waals surface area contributed by atoms with Crippen LogP contribution in [0.25, 0.3) is 0 Å². The van der Waals surface area contributed by atoms with Crippen LogP contribution in [0.5, 0.6) is 0 Å². The zero-order chi connectivity index (χ0) is 20.4. The van der Waals surface area contributed by atoms with Crippen molar-refractivity contribution < 1.29 is 18.1 Å². The fourth-order valence-electron chi connectivity index (χ4n) is 3.65. The van der Waals surface area contributed by atoms with Crippen LogP contribution < -0.4 is 0 Å². The van der Waals surface area contributed by atoms with Crippen LogP contribution in [-0.2, 0) is 10.1 Å². The Bertz CT molecular complexity index is 409. The van der Waals surface area contributed by atoms with E-state index in [2.05, 4.69) is 13.8 Å². The first-order valence-corrected chi connectivity index (χ1v) is 13.1. The van der Waals surface area contributed by atoms with Gasteiger partial charge in [-0.25, -0.2) is 0 Å². The summed E-state index contributed by atoms with van der Waals surface area (Å²) in [5.41, 5.74) is 0. The van der Waals surface area contributed by atoms with Crippen molar-refractivity contribution in [3.05, 3.63) is 0 Å². The molecule has 0 heterocycles. The zero-order valence-electron chi connectivity index (χ0n) is 18.0. The van der Waals surface area contributed by atoms with Crippen molar-refractivity contribution in [1.29, 1.82) is 0 Å². The van der Waals surface area contributed by atoms with E-state index in [-0.39, 0.29) is 6.10 Å². The summed E-state index contributed by atoms with van der Waals surface area (Å²) >= 11 is 0. The van der Waals surface area contributed by atoms with Crippen LogP contribution in [-0.4, -0.2) is 29.4 Å². The Hall–Kier alpha value is -0.130. The van der Waals surface area contributed by atoms with E-state index in [0.717, 1.165) is 77.0 Å². The van der Waals surface area contributed by atoms with E-state index in [0.29, 0.717) is 12.8 Å². The average Bonchev–Trinajstić information content (AvgIpc) is 2.61. The number of hydrogen-bond acceptors (Lipinski definition) is 3. The largest absolute Gasteiger partial charge is 0.393 e. The van der Waals surface area contributed by atoms with Gasteiger partial charge >= 0.3 is 0 Å². The Morgan fingerprint density at radius 1 is 0.593 bits per heavy atom. The molecule has 2 unspecified atom stereocenters. The average molecular weight is 407 g/mol.